The van der Waals surface area contributed by atoms with Gasteiger partial charge in [0, 0.05) is 40.9 Å². The van der Waals surface area contributed by atoms with E-state index < -0.39 is 20.3 Å². The van der Waals surface area contributed by atoms with E-state index in [-0.39, 0.29) is 45.1 Å². The summed E-state index contributed by atoms with van der Waals surface area (Å²) in [5.74, 6) is -0.665. The molecule has 9 heteroatoms. The van der Waals surface area contributed by atoms with Gasteiger partial charge in [0.2, 0.25) is 5.91 Å². The lowest BCUT2D eigenvalue weighted by Gasteiger charge is -2.33. The van der Waals surface area contributed by atoms with Crippen molar-refractivity contribution in [2.75, 3.05) is 0 Å². The van der Waals surface area contributed by atoms with Gasteiger partial charge in [-0.25, -0.2) is 8.42 Å². The second kappa shape index (κ2) is 7.63. The van der Waals surface area contributed by atoms with Crippen molar-refractivity contribution < 1.29 is 18.3 Å². The lowest BCUT2D eigenvalue weighted by atomic mass is 9.97. The molecule has 0 saturated carbocycles. The molecule has 1 aliphatic heterocycles. The average Bonchev–Trinajstić information content (AvgIpc) is 2.68. The van der Waals surface area contributed by atoms with Gasteiger partial charge in [-0.2, -0.15) is 0 Å². The number of carbonyl (C=O) groups is 1. The Morgan fingerprint density at radius 1 is 1.24 bits per heavy atom. The highest BCUT2D eigenvalue weighted by Gasteiger charge is 2.48. The molecule has 2 N–H and O–H groups in total. The Kier molecular flexibility index (Phi) is 5.69. The topological polar surface area (TPSA) is 96.4 Å². The number of pyridine rings is 1. The molecule has 29 heavy (non-hydrogen) atoms. The van der Waals surface area contributed by atoms with E-state index in [1.807, 2.05) is 0 Å². The number of aromatic nitrogens is 1. The number of hydrogen-bond acceptors (Lipinski definition) is 5. The summed E-state index contributed by atoms with van der Waals surface area (Å²) in [5.41, 5.74) is 1.07. The van der Waals surface area contributed by atoms with E-state index in [0.29, 0.717) is 11.1 Å². The Morgan fingerprint density at radius 2 is 1.93 bits per heavy atom. The molecule has 1 aromatic heterocycles. The predicted molar refractivity (Wildman–Crippen MR) is 114 cm³/mol. The van der Waals surface area contributed by atoms with E-state index in [2.05, 4.69) is 10.3 Å². The number of hydrogen-bond donors (Lipinski definition) is 2. The quantitative estimate of drug-likeness (QED) is 0.710. The third kappa shape index (κ3) is 3.41. The summed E-state index contributed by atoms with van der Waals surface area (Å²) in [7, 11) is -4.03. The highest BCUT2D eigenvalue weighted by molar-refractivity contribution is 8.01. The predicted octanol–water partition coefficient (Wildman–Crippen LogP) is 4.46. The molecule has 1 aromatic carbocycles. The van der Waals surface area contributed by atoms with Gasteiger partial charge < -0.3 is 10.4 Å². The summed E-state index contributed by atoms with van der Waals surface area (Å²) in [4.78, 5) is 15.5. The van der Waals surface area contributed by atoms with Crippen LogP contribution < -0.4 is 5.32 Å². The largest absolute Gasteiger partial charge is 0.504 e. The van der Waals surface area contributed by atoms with Crippen LogP contribution in [0.15, 0.2) is 30.5 Å². The molecule has 0 spiro atoms. The number of fused-ring (bicyclic) bond motifs is 1. The highest BCUT2D eigenvalue weighted by atomic mass is 35.5. The van der Waals surface area contributed by atoms with Crippen molar-refractivity contribution in [2.24, 2.45) is 0 Å². The molecule has 2 aromatic rings. The van der Waals surface area contributed by atoms with Gasteiger partial charge in [0.15, 0.2) is 15.6 Å². The van der Waals surface area contributed by atoms with E-state index in [9.17, 15) is 18.3 Å². The first-order valence-corrected chi connectivity index (χ1v) is 11.2. The number of nitrogens with one attached hydrogen (secondary N) is 1. The number of nitrogens with zero attached hydrogens (tertiary/aromatic N) is 1. The summed E-state index contributed by atoms with van der Waals surface area (Å²) in [6.45, 7) is 4.85. The zero-order chi connectivity index (χ0) is 21.6. The molecular weight excluding hydrogens is 435 g/mol. The summed E-state index contributed by atoms with van der Waals surface area (Å²) >= 11 is 12.8. The maximum atomic E-state index is 13.5. The fourth-order valence-electron chi connectivity index (χ4n) is 3.23. The second-order valence-electron chi connectivity index (χ2n) is 7.11. The van der Waals surface area contributed by atoms with Crippen molar-refractivity contribution in [1.82, 2.24) is 10.3 Å². The zero-order valence-electron chi connectivity index (χ0n) is 16.1. The Hall–Kier alpha value is -2.09. The van der Waals surface area contributed by atoms with Gasteiger partial charge in [0.1, 0.15) is 10.6 Å². The zero-order valence-corrected chi connectivity index (χ0v) is 18.4. The maximum Gasteiger partial charge on any atom is 0.219 e. The third-order valence-electron chi connectivity index (χ3n) is 5.05. The molecule has 6 nitrogen and oxygen atoms in total. The summed E-state index contributed by atoms with van der Waals surface area (Å²) in [6, 6.07) is 6.19. The van der Waals surface area contributed by atoms with Crippen LogP contribution >= 0.6 is 23.2 Å². The van der Waals surface area contributed by atoms with Gasteiger partial charge in [-0.3, -0.25) is 9.78 Å². The van der Waals surface area contributed by atoms with E-state index in [0.717, 1.165) is 0 Å². The van der Waals surface area contributed by atoms with Gasteiger partial charge in [0.25, 0.3) is 0 Å². The van der Waals surface area contributed by atoms with Crippen molar-refractivity contribution in [2.45, 2.75) is 38.5 Å². The standard InChI is InChI=1S/C20H20Cl2N2O4S/c1-4-15(25)24-10-12-14(21)8-7-11(16(12)22)19-18(26)17-13(6-5-9-23-17)20(2,3)29(19,27)28/h5-9,26H,4,10H2,1-3H3,(H,24,25). The number of rotatable bonds is 4. The lowest BCUT2D eigenvalue weighted by Crippen LogP contribution is -2.35. The van der Waals surface area contributed by atoms with Crippen molar-refractivity contribution >= 4 is 49.6 Å². The molecule has 0 radical (unpaired) electrons. The van der Waals surface area contributed by atoms with Gasteiger partial charge in [-0.15, -0.1) is 0 Å². The Balaban J connectivity index is 2.26. The molecule has 1 amide bonds. The van der Waals surface area contributed by atoms with Gasteiger partial charge in [0.05, 0.1) is 9.77 Å². The third-order valence-corrected chi connectivity index (χ3v) is 8.35. The van der Waals surface area contributed by atoms with E-state index in [1.54, 1.807) is 32.9 Å². The van der Waals surface area contributed by atoms with E-state index in [4.69, 9.17) is 23.2 Å². The molecule has 0 aliphatic carbocycles. The second-order valence-corrected chi connectivity index (χ2v) is 10.3. The van der Waals surface area contributed by atoms with Crippen LogP contribution in [0.1, 0.15) is 49.6 Å². The summed E-state index contributed by atoms with van der Waals surface area (Å²) < 4.78 is 25.6. The maximum absolute atomic E-state index is 13.5. The van der Waals surface area contributed by atoms with Gasteiger partial charge >= 0.3 is 0 Å². The van der Waals surface area contributed by atoms with Crippen LogP contribution in [0, 0.1) is 0 Å². The molecule has 0 atom stereocenters. The minimum absolute atomic E-state index is 0.0322. The fourth-order valence-corrected chi connectivity index (χ4v) is 5.66. The van der Waals surface area contributed by atoms with Crippen LogP contribution in [0.2, 0.25) is 10.0 Å². The smallest absolute Gasteiger partial charge is 0.219 e. The van der Waals surface area contributed by atoms with Crippen LogP contribution in [0.5, 0.6) is 0 Å². The van der Waals surface area contributed by atoms with Crippen molar-refractivity contribution in [3.63, 3.8) is 0 Å². The normalized spacial score (nSPS) is 17.0. The first kappa shape index (κ1) is 21.6. The first-order valence-electron chi connectivity index (χ1n) is 8.91. The molecule has 0 unspecified atom stereocenters. The Labute approximate surface area is 179 Å². The van der Waals surface area contributed by atoms with Crippen LogP contribution in [0.25, 0.3) is 10.7 Å². The molecule has 0 fully saturated rings. The Morgan fingerprint density at radius 3 is 2.59 bits per heavy atom. The number of aliphatic hydroxyl groups excluding tert-OH is 1. The molecule has 3 rings (SSSR count). The molecular formula is C20H20Cl2N2O4S. The monoisotopic (exact) mass is 454 g/mol. The Bertz CT molecular complexity index is 1140. The average molecular weight is 455 g/mol. The SMILES string of the molecule is CCC(=O)NCc1c(Cl)ccc(C2=C(O)c3ncccc3C(C)(C)S2(=O)=O)c1Cl. The fraction of sp³-hybridized carbons (Fsp3) is 0.300. The molecule has 1 aliphatic rings. The van der Waals surface area contributed by atoms with Crippen LogP contribution in [-0.2, 0) is 25.9 Å². The van der Waals surface area contributed by atoms with Crippen LogP contribution in [-0.4, -0.2) is 24.4 Å². The molecule has 0 saturated heterocycles. The number of carbonyl (C=O) groups excluding carboxylic acids is 1. The van der Waals surface area contributed by atoms with Crippen LogP contribution in [0.3, 0.4) is 0 Å². The number of aliphatic hydroxyl groups is 1. The number of benzene rings is 1. The summed E-state index contributed by atoms with van der Waals surface area (Å²) in [5, 5.41) is 13.9. The molecule has 0 bridgehead atoms. The van der Waals surface area contributed by atoms with Crippen molar-refractivity contribution in [3.05, 3.63) is 62.9 Å². The van der Waals surface area contributed by atoms with Gasteiger partial charge in [-0.05, 0) is 26.0 Å². The molecule has 154 valence electrons. The lowest BCUT2D eigenvalue weighted by molar-refractivity contribution is -0.120. The number of amides is 1. The van der Waals surface area contributed by atoms with E-state index >= 15 is 0 Å². The van der Waals surface area contributed by atoms with Crippen molar-refractivity contribution in [1.29, 1.82) is 0 Å². The van der Waals surface area contributed by atoms with Gasteiger partial charge in [-0.1, -0.05) is 42.3 Å². The number of halogens is 2. The highest BCUT2D eigenvalue weighted by Crippen LogP contribution is 2.49. The van der Waals surface area contributed by atoms with E-state index in [1.165, 1.54) is 18.3 Å². The summed E-state index contributed by atoms with van der Waals surface area (Å²) in [6.07, 6.45) is 1.77. The minimum Gasteiger partial charge on any atom is -0.504 e. The van der Waals surface area contributed by atoms with Crippen molar-refractivity contribution in [3.8, 4) is 0 Å². The minimum atomic E-state index is -4.03. The molecule has 2 heterocycles. The number of sulfone groups is 1. The van der Waals surface area contributed by atoms with Crippen LogP contribution in [0.4, 0.5) is 0 Å². The first-order chi connectivity index (χ1) is 13.5.